The number of carbonyl (C=O) groups excluding carboxylic acids is 1. The molecule has 0 bridgehead atoms. The Kier molecular flexibility index (Phi) is 3.96. The summed E-state index contributed by atoms with van der Waals surface area (Å²) >= 11 is 1.52. The number of likely N-dealkylation sites (tertiary alicyclic amines) is 1. The predicted octanol–water partition coefficient (Wildman–Crippen LogP) is 2.22. The minimum Gasteiger partial charge on any atom is -0.504 e. The number of pyridine rings is 1. The van der Waals surface area contributed by atoms with Gasteiger partial charge >= 0.3 is 0 Å². The Balaban J connectivity index is 1.76. The standard InChI is InChI=1S/C17H16N4O3S/c22-13-5-3-8-21-14(13)19-10-11(17(21)24)16(23)20-7-2-1-4-12(20)15-18-6-9-25-15/h3,5-6,8-10,12,22H,1-2,4,7H2/t12-/m1/s1. The van der Waals surface area contributed by atoms with Gasteiger partial charge in [-0.25, -0.2) is 9.97 Å². The smallest absolute Gasteiger partial charge is 0.270 e. The van der Waals surface area contributed by atoms with Crippen LogP contribution in [-0.2, 0) is 0 Å². The van der Waals surface area contributed by atoms with Gasteiger partial charge in [0.05, 0.1) is 6.04 Å². The van der Waals surface area contributed by atoms with Crippen LogP contribution in [0.25, 0.3) is 5.65 Å². The molecule has 3 aromatic heterocycles. The van der Waals surface area contributed by atoms with Crippen LogP contribution < -0.4 is 5.56 Å². The van der Waals surface area contributed by atoms with Crippen molar-refractivity contribution in [1.82, 2.24) is 19.3 Å². The van der Waals surface area contributed by atoms with E-state index in [4.69, 9.17) is 0 Å². The molecule has 1 N–H and O–H groups in total. The predicted molar refractivity (Wildman–Crippen MR) is 92.9 cm³/mol. The van der Waals surface area contributed by atoms with Crippen molar-refractivity contribution in [3.8, 4) is 5.75 Å². The number of rotatable bonds is 2. The third-order valence-corrected chi connectivity index (χ3v) is 5.32. The monoisotopic (exact) mass is 356 g/mol. The lowest BCUT2D eigenvalue weighted by atomic mass is 10.0. The first-order chi connectivity index (χ1) is 12.2. The van der Waals surface area contributed by atoms with Gasteiger partial charge in [-0.15, -0.1) is 11.3 Å². The Morgan fingerprint density at radius 1 is 1.32 bits per heavy atom. The molecule has 1 atom stereocenters. The maximum Gasteiger partial charge on any atom is 0.270 e. The second-order valence-corrected chi connectivity index (χ2v) is 6.87. The van der Waals surface area contributed by atoms with Crippen molar-refractivity contribution in [3.63, 3.8) is 0 Å². The van der Waals surface area contributed by atoms with Crippen molar-refractivity contribution >= 4 is 22.9 Å². The summed E-state index contributed by atoms with van der Waals surface area (Å²) in [4.78, 5) is 35.9. The van der Waals surface area contributed by atoms with Crippen LogP contribution in [0.2, 0.25) is 0 Å². The molecular formula is C17H16N4O3S. The van der Waals surface area contributed by atoms with Gasteiger partial charge in [0.2, 0.25) is 0 Å². The number of hydrogen-bond acceptors (Lipinski definition) is 6. The van der Waals surface area contributed by atoms with E-state index in [2.05, 4.69) is 9.97 Å². The summed E-state index contributed by atoms with van der Waals surface area (Å²) in [6.45, 7) is 0.589. The van der Waals surface area contributed by atoms with Gasteiger partial charge in [0.15, 0.2) is 11.4 Å². The number of aromatic hydroxyl groups is 1. The fourth-order valence-electron chi connectivity index (χ4n) is 3.22. The minimum absolute atomic E-state index is 0.00607. The Labute approximate surface area is 147 Å². The molecule has 1 saturated heterocycles. The van der Waals surface area contributed by atoms with E-state index in [0.717, 1.165) is 24.3 Å². The second-order valence-electron chi connectivity index (χ2n) is 5.94. The molecule has 0 saturated carbocycles. The fraction of sp³-hybridized carbons (Fsp3) is 0.294. The van der Waals surface area contributed by atoms with Gasteiger partial charge in [-0.05, 0) is 31.4 Å². The number of thiazole rings is 1. The molecule has 4 rings (SSSR count). The van der Waals surface area contributed by atoms with E-state index in [1.165, 1.54) is 34.2 Å². The van der Waals surface area contributed by atoms with Crippen LogP contribution in [0, 0.1) is 0 Å². The van der Waals surface area contributed by atoms with Gasteiger partial charge in [0.25, 0.3) is 11.5 Å². The molecule has 4 heterocycles. The number of nitrogens with zero attached hydrogens (tertiary/aromatic N) is 4. The van der Waals surface area contributed by atoms with Gasteiger partial charge in [0, 0.05) is 30.5 Å². The number of aromatic nitrogens is 3. The highest BCUT2D eigenvalue weighted by Crippen LogP contribution is 2.32. The molecule has 0 unspecified atom stereocenters. The number of fused-ring (bicyclic) bond motifs is 1. The van der Waals surface area contributed by atoms with E-state index >= 15 is 0 Å². The average Bonchev–Trinajstić information content (AvgIpc) is 3.17. The molecule has 25 heavy (non-hydrogen) atoms. The molecule has 8 heteroatoms. The topological polar surface area (TPSA) is 87.8 Å². The minimum atomic E-state index is -0.477. The first kappa shape index (κ1) is 15.8. The van der Waals surface area contributed by atoms with Crippen LogP contribution in [0.1, 0.15) is 40.7 Å². The highest BCUT2D eigenvalue weighted by molar-refractivity contribution is 7.09. The zero-order chi connectivity index (χ0) is 17.4. The van der Waals surface area contributed by atoms with E-state index in [9.17, 15) is 14.7 Å². The number of hydrogen-bond donors (Lipinski definition) is 1. The van der Waals surface area contributed by atoms with E-state index in [1.54, 1.807) is 17.2 Å². The van der Waals surface area contributed by atoms with Crippen molar-refractivity contribution in [2.75, 3.05) is 6.54 Å². The van der Waals surface area contributed by atoms with Crippen molar-refractivity contribution in [3.05, 3.63) is 57.0 Å². The normalized spacial score (nSPS) is 17.8. The maximum absolute atomic E-state index is 13.0. The van der Waals surface area contributed by atoms with Crippen LogP contribution in [0.4, 0.5) is 0 Å². The number of piperidine rings is 1. The van der Waals surface area contributed by atoms with E-state index < -0.39 is 5.56 Å². The third kappa shape index (κ3) is 2.68. The molecule has 1 amide bonds. The van der Waals surface area contributed by atoms with Gasteiger partial charge in [-0.1, -0.05) is 0 Å². The number of carbonyl (C=O) groups is 1. The Morgan fingerprint density at radius 3 is 3.00 bits per heavy atom. The Morgan fingerprint density at radius 2 is 2.20 bits per heavy atom. The lowest BCUT2D eigenvalue weighted by Crippen LogP contribution is -2.41. The molecule has 7 nitrogen and oxygen atoms in total. The van der Waals surface area contributed by atoms with E-state index in [1.807, 2.05) is 5.38 Å². The molecule has 0 aromatic carbocycles. The molecule has 0 aliphatic carbocycles. The summed E-state index contributed by atoms with van der Waals surface area (Å²) in [5, 5.41) is 12.6. The first-order valence-electron chi connectivity index (χ1n) is 8.06. The fourth-order valence-corrected chi connectivity index (χ4v) is 4.01. The Bertz CT molecular complexity index is 983. The summed E-state index contributed by atoms with van der Waals surface area (Å²) in [5.41, 5.74) is -0.333. The van der Waals surface area contributed by atoms with E-state index in [-0.39, 0.29) is 28.9 Å². The Hall–Kier alpha value is -2.74. The maximum atomic E-state index is 13.0. The molecule has 0 spiro atoms. The highest BCUT2D eigenvalue weighted by Gasteiger charge is 2.31. The van der Waals surface area contributed by atoms with Crippen molar-refractivity contribution in [1.29, 1.82) is 0 Å². The zero-order valence-corrected chi connectivity index (χ0v) is 14.1. The van der Waals surface area contributed by atoms with Crippen LogP contribution >= 0.6 is 11.3 Å². The third-order valence-electron chi connectivity index (χ3n) is 4.44. The van der Waals surface area contributed by atoms with Crippen LogP contribution in [0.5, 0.6) is 5.75 Å². The van der Waals surface area contributed by atoms with Crippen molar-refractivity contribution in [2.24, 2.45) is 0 Å². The summed E-state index contributed by atoms with van der Waals surface area (Å²) in [6.07, 6.45) is 7.24. The summed E-state index contributed by atoms with van der Waals surface area (Å²) < 4.78 is 1.20. The van der Waals surface area contributed by atoms with Crippen LogP contribution in [-0.4, -0.2) is 36.8 Å². The summed E-state index contributed by atoms with van der Waals surface area (Å²) in [6, 6.07) is 2.89. The van der Waals surface area contributed by atoms with Crippen LogP contribution in [0.3, 0.4) is 0 Å². The highest BCUT2D eigenvalue weighted by atomic mass is 32.1. The first-order valence-corrected chi connectivity index (χ1v) is 8.94. The average molecular weight is 356 g/mol. The SMILES string of the molecule is O=C(c1cnc2c(O)cccn2c1=O)N1CCCC[C@@H]1c1nccs1. The van der Waals surface area contributed by atoms with Crippen molar-refractivity contribution < 1.29 is 9.90 Å². The lowest BCUT2D eigenvalue weighted by Gasteiger charge is -2.34. The van der Waals surface area contributed by atoms with Gasteiger partial charge in [-0.3, -0.25) is 14.0 Å². The van der Waals surface area contributed by atoms with Crippen molar-refractivity contribution in [2.45, 2.75) is 25.3 Å². The zero-order valence-electron chi connectivity index (χ0n) is 13.3. The molecule has 1 fully saturated rings. The van der Waals surface area contributed by atoms with Crippen LogP contribution in [0.15, 0.2) is 40.9 Å². The summed E-state index contributed by atoms with van der Waals surface area (Å²) in [5.74, 6) is -0.438. The quantitative estimate of drug-likeness (QED) is 0.761. The summed E-state index contributed by atoms with van der Waals surface area (Å²) in [7, 11) is 0. The molecule has 1 aliphatic rings. The molecule has 0 radical (unpaired) electrons. The molecule has 128 valence electrons. The second kappa shape index (κ2) is 6.29. The van der Waals surface area contributed by atoms with Gasteiger partial charge in [-0.2, -0.15) is 0 Å². The molecular weight excluding hydrogens is 340 g/mol. The number of amides is 1. The van der Waals surface area contributed by atoms with Gasteiger partial charge in [0.1, 0.15) is 10.6 Å². The van der Waals surface area contributed by atoms with E-state index in [0.29, 0.717) is 6.54 Å². The largest absolute Gasteiger partial charge is 0.504 e. The molecule has 3 aromatic rings. The van der Waals surface area contributed by atoms with Gasteiger partial charge < -0.3 is 10.0 Å². The lowest BCUT2D eigenvalue weighted by molar-refractivity contribution is 0.0608. The molecule has 1 aliphatic heterocycles.